The highest BCUT2D eigenvalue weighted by Gasteiger charge is 2.28. The summed E-state index contributed by atoms with van der Waals surface area (Å²) >= 11 is 0. The molecule has 0 spiro atoms. The van der Waals surface area contributed by atoms with Gasteiger partial charge in [-0.3, -0.25) is 14.5 Å². The summed E-state index contributed by atoms with van der Waals surface area (Å²) in [4.78, 5) is 28.6. The number of piperazine rings is 1. The van der Waals surface area contributed by atoms with Gasteiger partial charge in [-0.2, -0.15) is 0 Å². The number of amides is 2. The first-order valence-corrected chi connectivity index (χ1v) is 9.81. The quantitative estimate of drug-likeness (QED) is 0.508. The zero-order chi connectivity index (χ0) is 20.5. The van der Waals surface area contributed by atoms with E-state index in [-0.39, 0.29) is 6.04 Å². The number of benzene rings is 1. The van der Waals surface area contributed by atoms with Gasteiger partial charge in [0, 0.05) is 52.1 Å². The minimum Gasteiger partial charge on any atom is -0.468 e. The molecule has 2 heterocycles. The Morgan fingerprint density at radius 2 is 1.76 bits per heavy atom. The van der Waals surface area contributed by atoms with E-state index in [4.69, 9.17) is 9.15 Å². The van der Waals surface area contributed by atoms with Gasteiger partial charge in [0.15, 0.2) is 0 Å². The SMILES string of the molecule is COCCNC(=O)C(=O)NCC(c1ccco1)N1CCN(c2ccccc2)CC1. The number of carbonyl (C=O) groups is 2. The number of methoxy groups -OCH3 is 1. The highest BCUT2D eigenvalue weighted by atomic mass is 16.5. The highest BCUT2D eigenvalue weighted by Crippen LogP contribution is 2.24. The molecule has 0 radical (unpaired) electrons. The van der Waals surface area contributed by atoms with Crippen molar-refractivity contribution in [1.29, 1.82) is 0 Å². The number of nitrogens with one attached hydrogen (secondary N) is 2. The van der Waals surface area contributed by atoms with Crippen LogP contribution in [0.1, 0.15) is 11.8 Å². The van der Waals surface area contributed by atoms with Crippen molar-refractivity contribution in [2.24, 2.45) is 0 Å². The van der Waals surface area contributed by atoms with Crippen LogP contribution in [0, 0.1) is 0 Å². The first-order chi connectivity index (χ1) is 14.2. The van der Waals surface area contributed by atoms with E-state index < -0.39 is 11.8 Å². The number of anilines is 1. The summed E-state index contributed by atoms with van der Waals surface area (Å²) in [6.07, 6.45) is 1.63. The van der Waals surface area contributed by atoms with Crippen LogP contribution >= 0.6 is 0 Å². The topological polar surface area (TPSA) is 87.0 Å². The number of carbonyl (C=O) groups excluding carboxylic acids is 2. The number of furan rings is 1. The third-order valence-electron chi connectivity index (χ3n) is 5.00. The van der Waals surface area contributed by atoms with E-state index in [1.165, 1.54) is 12.8 Å². The monoisotopic (exact) mass is 400 g/mol. The molecule has 29 heavy (non-hydrogen) atoms. The molecule has 0 aliphatic carbocycles. The number of nitrogens with zero attached hydrogens (tertiary/aromatic N) is 2. The molecule has 1 aromatic heterocycles. The van der Waals surface area contributed by atoms with Crippen LogP contribution in [0.5, 0.6) is 0 Å². The number of hydrogen-bond donors (Lipinski definition) is 2. The third kappa shape index (κ3) is 5.82. The fourth-order valence-corrected chi connectivity index (χ4v) is 3.44. The molecule has 2 N–H and O–H groups in total. The molecule has 1 aromatic carbocycles. The molecule has 1 unspecified atom stereocenters. The molecule has 1 aliphatic rings. The number of ether oxygens (including phenoxy) is 1. The Bertz CT molecular complexity index is 758. The highest BCUT2D eigenvalue weighted by molar-refractivity contribution is 6.35. The maximum atomic E-state index is 12.1. The van der Waals surface area contributed by atoms with Gasteiger partial charge >= 0.3 is 11.8 Å². The van der Waals surface area contributed by atoms with E-state index in [0.29, 0.717) is 19.7 Å². The molecular weight excluding hydrogens is 372 g/mol. The van der Waals surface area contributed by atoms with Crippen molar-refractivity contribution in [3.05, 3.63) is 54.5 Å². The lowest BCUT2D eigenvalue weighted by Crippen LogP contribution is -2.50. The minimum absolute atomic E-state index is 0.126. The third-order valence-corrected chi connectivity index (χ3v) is 5.00. The summed E-state index contributed by atoms with van der Waals surface area (Å²) in [5, 5.41) is 5.26. The second kappa shape index (κ2) is 10.6. The van der Waals surface area contributed by atoms with Gasteiger partial charge in [-0.1, -0.05) is 18.2 Å². The van der Waals surface area contributed by atoms with Crippen molar-refractivity contribution < 1.29 is 18.7 Å². The summed E-state index contributed by atoms with van der Waals surface area (Å²) in [5.41, 5.74) is 1.21. The van der Waals surface area contributed by atoms with Crippen molar-refractivity contribution >= 4 is 17.5 Å². The van der Waals surface area contributed by atoms with Crippen LogP contribution in [0.15, 0.2) is 53.1 Å². The standard InChI is InChI=1S/C21H28N4O4/c1-28-15-9-22-20(26)21(27)23-16-18(19-8-5-14-29-19)25-12-10-24(11-13-25)17-6-3-2-4-7-17/h2-8,14,18H,9-13,15-16H2,1H3,(H,22,26)(H,23,27). The molecule has 1 saturated heterocycles. The number of rotatable bonds is 8. The first-order valence-electron chi connectivity index (χ1n) is 9.81. The summed E-state index contributed by atoms with van der Waals surface area (Å²) in [7, 11) is 1.54. The zero-order valence-electron chi connectivity index (χ0n) is 16.7. The molecule has 1 atom stereocenters. The molecule has 2 amide bonds. The maximum absolute atomic E-state index is 12.1. The van der Waals surface area contributed by atoms with Gasteiger partial charge in [-0.15, -0.1) is 0 Å². The average Bonchev–Trinajstić information content (AvgIpc) is 3.29. The van der Waals surface area contributed by atoms with E-state index >= 15 is 0 Å². The van der Waals surface area contributed by atoms with Gasteiger partial charge in [0.2, 0.25) is 0 Å². The van der Waals surface area contributed by atoms with Crippen LogP contribution in [-0.4, -0.2) is 69.7 Å². The van der Waals surface area contributed by atoms with Crippen LogP contribution < -0.4 is 15.5 Å². The molecule has 156 valence electrons. The van der Waals surface area contributed by atoms with Gasteiger partial charge in [0.25, 0.3) is 0 Å². The molecule has 8 heteroatoms. The molecule has 8 nitrogen and oxygen atoms in total. The lowest BCUT2D eigenvalue weighted by Gasteiger charge is -2.39. The normalized spacial score (nSPS) is 15.7. The van der Waals surface area contributed by atoms with Crippen LogP contribution in [0.3, 0.4) is 0 Å². The molecule has 1 aliphatic heterocycles. The van der Waals surface area contributed by atoms with Gasteiger partial charge in [0.1, 0.15) is 5.76 Å². The van der Waals surface area contributed by atoms with Crippen molar-refractivity contribution in [2.75, 3.05) is 57.9 Å². The van der Waals surface area contributed by atoms with Crippen molar-refractivity contribution in [2.45, 2.75) is 6.04 Å². The summed E-state index contributed by atoms with van der Waals surface area (Å²) < 4.78 is 10.5. The second-order valence-corrected chi connectivity index (χ2v) is 6.85. The Hall–Kier alpha value is -2.84. The smallest absolute Gasteiger partial charge is 0.309 e. The number of para-hydroxylation sites is 1. The fraction of sp³-hybridized carbons (Fsp3) is 0.429. The molecular formula is C21H28N4O4. The summed E-state index contributed by atoms with van der Waals surface area (Å²) in [6, 6.07) is 13.9. The lowest BCUT2D eigenvalue weighted by atomic mass is 10.1. The largest absolute Gasteiger partial charge is 0.468 e. The first kappa shape index (κ1) is 20.9. The Balaban J connectivity index is 1.56. The zero-order valence-corrected chi connectivity index (χ0v) is 16.7. The van der Waals surface area contributed by atoms with Gasteiger partial charge in [0.05, 0.1) is 18.9 Å². The van der Waals surface area contributed by atoms with E-state index in [0.717, 1.165) is 31.9 Å². The number of hydrogen-bond acceptors (Lipinski definition) is 6. The van der Waals surface area contributed by atoms with Crippen molar-refractivity contribution in [1.82, 2.24) is 15.5 Å². The molecule has 0 bridgehead atoms. The van der Waals surface area contributed by atoms with Gasteiger partial charge in [-0.05, 0) is 24.3 Å². The average molecular weight is 400 g/mol. The van der Waals surface area contributed by atoms with E-state index in [9.17, 15) is 9.59 Å². The molecule has 0 saturated carbocycles. The maximum Gasteiger partial charge on any atom is 0.309 e. The predicted molar refractivity (Wildman–Crippen MR) is 110 cm³/mol. The second-order valence-electron chi connectivity index (χ2n) is 6.85. The van der Waals surface area contributed by atoms with Crippen LogP contribution in [0.25, 0.3) is 0 Å². The van der Waals surface area contributed by atoms with Crippen LogP contribution in [-0.2, 0) is 14.3 Å². The van der Waals surface area contributed by atoms with E-state index in [1.807, 2.05) is 30.3 Å². The molecule has 2 aromatic rings. The Labute approximate surface area is 170 Å². The van der Waals surface area contributed by atoms with E-state index in [2.05, 4.69) is 32.6 Å². The Morgan fingerprint density at radius 3 is 2.41 bits per heavy atom. The van der Waals surface area contributed by atoms with Crippen molar-refractivity contribution in [3.63, 3.8) is 0 Å². The Kier molecular flexibility index (Phi) is 7.66. The fourth-order valence-electron chi connectivity index (χ4n) is 3.44. The summed E-state index contributed by atoms with van der Waals surface area (Å²) in [5.74, 6) is -0.534. The van der Waals surface area contributed by atoms with Crippen LogP contribution in [0.4, 0.5) is 5.69 Å². The molecule has 3 rings (SSSR count). The molecule has 1 fully saturated rings. The minimum atomic E-state index is -0.658. The predicted octanol–water partition coefficient (Wildman–Crippen LogP) is 1.02. The Morgan fingerprint density at radius 1 is 1.03 bits per heavy atom. The summed E-state index contributed by atoms with van der Waals surface area (Å²) in [6.45, 7) is 4.38. The van der Waals surface area contributed by atoms with Crippen molar-refractivity contribution in [3.8, 4) is 0 Å². The van der Waals surface area contributed by atoms with Crippen LogP contribution in [0.2, 0.25) is 0 Å². The van der Waals surface area contributed by atoms with Gasteiger partial charge in [-0.25, -0.2) is 0 Å². The van der Waals surface area contributed by atoms with Gasteiger partial charge < -0.3 is 24.7 Å². The van der Waals surface area contributed by atoms with E-state index in [1.54, 1.807) is 6.26 Å². The lowest BCUT2D eigenvalue weighted by molar-refractivity contribution is -0.139.